The van der Waals surface area contributed by atoms with E-state index in [4.69, 9.17) is 20.4 Å². The van der Waals surface area contributed by atoms with Crippen molar-refractivity contribution < 1.29 is 42.5 Å². The molecule has 242 valence electrons. The fourth-order valence-electron chi connectivity index (χ4n) is 4.64. The molecule has 0 bridgehead atoms. The SMILES string of the molecule is Cc1csc([C@H]2CCCN2C(=O)c2cc(OC(F)F)nc(-c3nnc([C@](C)(N)Cc4ccccc4)o3)c2)n1.O=C(O)C=CC(=O)O. The highest BCUT2D eigenvalue weighted by Gasteiger charge is 2.34. The number of carbonyl (C=O) groups is 3. The van der Waals surface area contributed by atoms with Crippen molar-refractivity contribution in [3.63, 3.8) is 0 Å². The van der Waals surface area contributed by atoms with Gasteiger partial charge in [-0.25, -0.2) is 19.6 Å². The van der Waals surface area contributed by atoms with Gasteiger partial charge in [0.15, 0.2) is 0 Å². The van der Waals surface area contributed by atoms with Gasteiger partial charge >= 0.3 is 18.6 Å². The zero-order chi connectivity index (χ0) is 33.4. The molecule has 0 unspecified atom stereocenters. The number of hydrogen-bond acceptors (Lipinski definition) is 11. The Bertz CT molecular complexity index is 1690. The van der Waals surface area contributed by atoms with E-state index in [1.165, 1.54) is 23.5 Å². The summed E-state index contributed by atoms with van der Waals surface area (Å²) in [5.41, 5.74) is 7.49. The third-order valence-corrected chi connectivity index (χ3v) is 7.67. The van der Waals surface area contributed by atoms with Crippen molar-refractivity contribution in [2.75, 3.05) is 6.54 Å². The molecular formula is C30H30F2N6O7S. The summed E-state index contributed by atoms with van der Waals surface area (Å²) in [5.74, 6) is -3.21. The minimum atomic E-state index is -3.13. The number of hydrogen-bond donors (Lipinski definition) is 3. The van der Waals surface area contributed by atoms with Gasteiger partial charge in [0.05, 0.1) is 11.6 Å². The number of thiazole rings is 1. The molecule has 4 N–H and O–H groups in total. The Morgan fingerprint density at radius 1 is 1.15 bits per heavy atom. The van der Waals surface area contributed by atoms with Crippen molar-refractivity contribution in [2.24, 2.45) is 5.73 Å². The molecular weight excluding hydrogens is 626 g/mol. The number of benzene rings is 1. The Morgan fingerprint density at radius 3 is 2.46 bits per heavy atom. The van der Waals surface area contributed by atoms with E-state index < -0.39 is 30.0 Å². The van der Waals surface area contributed by atoms with Gasteiger partial charge < -0.3 is 30.0 Å². The number of aryl methyl sites for hydroxylation is 1. The van der Waals surface area contributed by atoms with Crippen molar-refractivity contribution in [2.45, 2.75) is 51.3 Å². The average molecular weight is 657 g/mol. The highest BCUT2D eigenvalue weighted by molar-refractivity contribution is 7.09. The first-order valence-corrected chi connectivity index (χ1v) is 14.7. The zero-order valence-electron chi connectivity index (χ0n) is 24.7. The number of carboxylic acids is 2. The van der Waals surface area contributed by atoms with Gasteiger partial charge in [-0.2, -0.15) is 8.78 Å². The van der Waals surface area contributed by atoms with Crippen molar-refractivity contribution in [3.05, 3.63) is 87.7 Å². The summed E-state index contributed by atoms with van der Waals surface area (Å²) in [6.07, 6.45) is 3.11. The summed E-state index contributed by atoms with van der Waals surface area (Å²) in [7, 11) is 0. The predicted molar refractivity (Wildman–Crippen MR) is 160 cm³/mol. The topological polar surface area (TPSA) is 195 Å². The van der Waals surface area contributed by atoms with Gasteiger partial charge in [-0.15, -0.1) is 21.5 Å². The Balaban J connectivity index is 0.000000533. The number of alkyl halides is 2. The number of nitrogens with zero attached hydrogens (tertiary/aromatic N) is 5. The summed E-state index contributed by atoms with van der Waals surface area (Å²) in [6.45, 7) is 1.04. The molecule has 4 heterocycles. The maximum Gasteiger partial charge on any atom is 0.388 e. The molecule has 1 amide bonds. The van der Waals surface area contributed by atoms with Crippen LogP contribution in [0.3, 0.4) is 0 Å². The van der Waals surface area contributed by atoms with E-state index in [0.717, 1.165) is 29.1 Å². The third kappa shape index (κ3) is 8.98. The lowest BCUT2D eigenvalue weighted by Gasteiger charge is -2.23. The predicted octanol–water partition coefficient (Wildman–Crippen LogP) is 4.60. The first-order chi connectivity index (χ1) is 21.8. The summed E-state index contributed by atoms with van der Waals surface area (Å²) < 4.78 is 36.6. The number of rotatable bonds is 10. The van der Waals surface area contributed by atoms with Crippen LogP contribution in [0, 0.1) is 6.92 Å². The van der Waals surface area contributed by atoms with Crippen LogP contribution >= 0.6 is 11.3 Å². The summed E-state index contributed by atoms with van der Waals surface area (Å²) in [4.78, 5) is 43.0. The Kier molecular flexibility index (Phi) is 10.9. The van der Waals surface area contributed by atoms with Gasteiger partial charge in [-0.1, -0.05) is 30.3 Å². The van der Waals surface area contributed by atoms with Crippen LogP contribution < -0.4 is 10.5 Å². The highest BCUT2D eigenvalue weighted by Crippen LogP contribution is 2.36. The number of amides is 1. The lowest BCUT2D eigenvalue weighted by molar-refractivity contribution is -0.134. The van der Waals surface area contributed by atoms with Crippen LogP contribution in [0.5, 0.6) is 5.88 Å². The number of halogens is 2. The molecule has 1 saturated heterocycles. The molecule has 0 saturated carbocycles. The van der Waals surface area contributed by atoms with Crippen molar-refractivity contribution >= 4 is 29.2 Å². The lowest BCUT2D eigenvalue weighted by atomic mass is 9.94. The number of aromatic nitrogens is 4. The van der Waals surface area contributed by atoms with E-state index in [0.29, 0.717) is 25.1 Å². The van der Waals surface area contributed by atoms with Gasteiger partial charge in [-0.3, -0.25) is 4.79 Å². The van der Waals surface area contributed by atoms with E-state index in [-0.39, 0.29) is 35.0 Å². The van der Waals surface area contributed by atoms with Crippen molar-refractivity contribution in [3.8, 4) is 17.5 Å². The fourth-order valence-corrected chi connectivity index (χ4v) is 5.59. The second kappa shape index (κ2) is 14.8. The standard InChI is InChI=1S/C26H26F2N6O3S.C4H4O4/c1-15-14-38-22(30-15)19-9-6-10-34(19)23(35)17-11-18(31-20(12-17)36-25(27)28)21-32-33-24(37-21)26(2,29)13-16-7-4-3-5-8-16;5-3(6)1-2-4(7)8/h3-5,7-8,11-12,14,19,25H,6,9-10,13,29H2,1-2H3;1-2H,(H,5,6)(H,7,8)/t19-,26-;/m1./s1. The van der Waals surface area contributed by atoms with Crippen LogP contribution in [0.15, 0.2) is 64.4 Å². The van der Waals surface area contributed by atoms with E-state index in [1.54, 1.807) is 11.8 Å². The average Bonchev–Trinajstić information content (AvgIpc) is 3.77. The van der Waals surface area contributed by atoms with Crippen LogP contribution in [0.25, 0.3) is 11.6 Å². The van der Waals surface area contributed by atoms with E-state index in [1.807, 2.05) is 42.6 Å². The van der Waals surface area contributed by atoms with Gasteiger partial charge in [0.25, 0.3) is 11.8 Å². The summed E-state index contributed by atoms with van der Waals surface area (Å²) in [6, 6.07) is 12.0. The number of ether oxygens (including phenoxy) is 1. The van der Waals surface area contributed by atoms with Crippen LogP contribution in [-0.4, -0.2) is 66.3 Å². The maximum atomic E-state index is 13.6. The Morgan fingerprint density at radius 2 is 1.85 bits per heavy atom. The van der Waals surface area contributed by atoms with Gasteiger partial charge in [0.2, 0.25) is 11.8 Å². The molecule has 46 heavy (non-hydrogen) atoms. The fraction of sp³-hybridized carbons (Fsp3) is 0.300. The number of nitrogens with two attached hydrogens (primary N) is 1. The van der Waals surface area contributed by atoms with Crippen LogP contribution in [-0.2, 0) is 21.5 Å². The second-order valence-electron chi connectivity index (χ2n) is 10.4. The normalized spacial score (nSPS) is 15.8. The molecule has 1 aliphatic rings. The third-order valence-electron chi connectivity index (χ3n) is 6.61. The molecule has 3 aromatic heterocycles. The number of likely N-dealkylation sites (tertiary alicyclic amines) is 1. The van der Waals surface area contributed by atoms with Gasteiger partial charge in [0, 0.05) is 41.4 Å². The number of carbonyl (C=O) groups excluding carboxylic acids is 1. The molecule has 16 heteroatoms. The number of carboxylic acid groups (broad SMARTS) is 2. The quantitative estimate of drug-likeness (QED) is 0.201. The zero-order valence-corrected chi connectivity index (χ0v) is 25.5. The smallest absolute Gasteiger partial charge is 0.388 e. The minimum absolute atomic E-state index is 0.0293. The van der Waals surface area contributed by atoms with Gasteiger partial charge in [0.1, 0.15) is 10.7 Å². The number of pyridine rings is 1. The largest absolute Gasteiger partial charge is 0.478 e. The lowest BCUT2D eigenvalue weighted by Crippen LogP contribution is -2.35. The first-order valence-electron chi connectivity index (χ1n) is 13.8. The molecule has 1 aromatic carbocycles. The summed E-state index contributed by atoms with van der Waals surface area (Å²) in [5, 5.41) is 26.5. The van der Waals surface area contributed by atoms with Crippen molar-refractivity contribution in [1.82, 2.24) is 25.1 Å². The molecule has 0 aliphatic carbocycles. The molecule has 1 aliphatic heterocycles. The first kappa shape index (κ1) is 33.8. The second-order valence-corrected chi connectivity index (χ2v) is 11.3. The van der Waals surface area contributed by atoms with Gasteiger partial charge in [-0.05, 0) is 44.7 Å². The molecule has 2 atom stereocenters. The monoisotopic (exact) mass is 656 g/mol. The molecule has 4 aromatic rings. The van der Waals surface area contributed by atoms with E-state index in [9.17, 15) is 23.2 Å². The van der Waals surface area contributed by atoms with Crippen LogP contribution in [0.1, 0.15) is 58.3 Å². The molecule has 0 radical (unpaired) electrons. The number of aliphatic carboxylic acids is 2. The minimum Gasteiger partial charge on any atom is -0.478 e. The maximum absolute atomic E-state index is 13.6. The Hall–Kier alpha value is -5.09. The Labute approximate surface area is 265 Å². The highest BCUT2D eigenvalue weighted by atomic mass is 32.1. The summed E-state index contributed by atoms with van der Waals surface area (Å²) >= 11 is 1.49. The van der Waals surface area contributed by atoms with E-state index >= 15 is 0 Å². The molecule has 1 fully saturated rings. The molecule has 0 spiro atoms. The van der Waals surface area contributed by atoms with Crippen LogP contribution in [0.2, 0.25) is 0 Å². The van der Waals surface area contributed by atoms with E-state index in [2.05, 4.69) is 24.9 Å². The van der Waals surface area contributed by atoms with Crippen LogP contribution in [0.4, 0.5) is 8.78 Å². The molecule has 13 nitrogen and oxygen atoms in total. The van der Waals surface area contributed by atoms with Crippen molar-refractivity contribution in [1.29, 1.82) is 0 Å². The molecule has 5 rings (SSSR count).